The summed E-state index contributed by atoms with van der Waals surface area (Å²) >= 11 is 0. The number of aliphatic hydroxyl groups is 1. The second kappa shape index (κ2) is 8.67. The molecule has 0 aliphatic heterocycles. The van der Waals surface area contributed by atoms with E-state index in [9.17, 15) is 9.90 Å². The zero-order valence-corrected chi connectivity index (χ0v) is 15.3. The van der Waals surface area contributed by atoms with Crippen molar-refractivity contribution in [3.05, 3.63) is 65.7 Å². The van der Waals surface area contributed by atoms with Gasteiger partial charge >= 0.3 is 0 Å². The van der Waals surface area contributed by atoms with Crippen molar-refractivity contribution >= 4 is 11.6 Å². The first-order valence-electron chi connectivity index (χ1n) is 8.79. The Morgan fingerprint density at radius 1 is 1.12 bits per heavy atom. The summed E-state index contributed by atoms with van der Waals surface area (Å²) in [5.41, 5.74) is 1.92. The molecule has 2 N–H and O–H groups in total. The molecule has 0 saturated heterocycles. The first-order chi connectivity index (χ1) is 11.9. The number of para-hydroxylation sites is 1. The summed E-state index contributed by atoms with van der Waals surface area (Å²) in [6, 6.07) is 17.8. The topological polar surface area (TPSA) is 52.6 Å². The number of carbonyl (C=O) groups excluding carboxylic acids is 1. The van der Waals surface area contributed by atoms with Gasteiger partial charge in [-0.1, -0.05) is 48.5 Å². The fourth-order valence-corrected chi connectivity index (χ4v) is 2.94. The average molecular weight is 340 g/mol. The van der Waals surface area contributed by atoms with E-state index in [0.717, 1.165) is 12.1 Å². The minimum Gasteiger partial charge on any atom is -0.380 e. The first kappa shape index (κ1) is 19.0. The summed E-state index contributed by atoms with van der Waals surface area (Å²) in [7, 11) is 0. The Morgan fingerprint density at radius 3 is 2.40 bits per heavy atom. The summed E-state index contributed by atoms with van der Waals surface area (Å²) in [5, 5.41) is 13.4. The number of nitrogens with zero attached hydrogens (tertiary/aromatic N) is 1. The summed E-state index contributed by atoms with van der Waals surface area (Å²) in [6.07, 6.45) is 0.301. The van der Waals surface area contributed by atoms with Crippen LogP contribution >= 0.6 is 0 Å². The molecule has 134 valence electrons. The minimum atomic E-state index is -1.42. The Balaban J connectivity index is 1.89. The molecule has 0 bridgehead atoms. The predicted molar refractivity (Wildman–Crippen MR) is 103 cm³/mol. The number of aryl methyl sites for hydroxylation is 1. The number of amides is 1. The van der Waals surface area contributed by atoms with Crippen molar-refractivity contribution in [2.75, 3.05) is 24.5 Å². The number of carbonyl (C=O) groups is 1. The molecule has 1 atom stereocenters. The monoisotopic (exact) mass is 340 g/mol. The van der Waals surface area contributed by atoms with Crippen LogP contribution in [0, 0.1) is 6.92 Å². The lowest BCUT2D eigenvalue weighted by atomic mass is 9.95. The van der Waals surface area contributed by atoms with E-state index in [4.69, 9.17) is 0 Å². The molecule has 0 aliphatic carbocycles. The molecule has 0 unspecified atom stereocenters. The van der Waals surface area contributed by atoms with Crippen LogP contribution in [0.15, 0.2) is 54.6 Å². The normalized spacial score (nSPS) is 13.1. The molecule has 1 amide bonds. The third kappa shape index (κ3) is 5.33. The third-order valence-corrected chi connectivity index (χ3v) is 4.39. The molecule has 4 heteroatoms. The van der Waals surface area contributed by atoms with Crippen molar-refractivity contribution in [1.29, 1.82) is 0 Å². The lowest BCUT2D eigenvalue weighted by Crippen LogP contribution is -2.48. The van der Waals surface area contributed by atoms with E-state index in [1.807, 2.05) is 42.5 Å². The molecule has 2 aromatic carbocycles. The number of hydrogen-bond acceptors (Lipinski definition) is 3. The van der Waals surface area contributed by atoms with Crippen LogP contribution in [0.1, 0.15) is 25.0 Å². The number of hydrogen-bond donors (Lipinski definition) is 2. The van der Waals surface area contributed by atoms with E-state index < -0.39 is 5.60 Å². The van der Waals surface area contributed by atoms with Gasteiger partial charge in [0.15, 0.2) is 0 Å². The second-order valence-electron chi connectivity index (χ2n) is 6.56. The van der Waals surface area contributed by atoms with Crippen LogP contribution in [0.3, 0.4) is 0 Å². The number of nitrogens with one attached hydrogen (secondary N) is 1. The number of benzene rings is 2. The van der Waals surface area contributed by atoms with Crippen LogP contribution in [0.2, 0.25) is 0 Å². The molecule has 0 aromatic heterocycles. The highest BCUT2D eigenvalue weighted by molar-refractivity contribution is 5.84. The first-order valence-corrected chi connectivity index (χ1v) is 8.79. The maximum Gasteiger partial charge on any atom is 0.252 e. The van der Waals surface area contributed by atoms with Gasteiger partial charge < -0.3 is 15.3 Å². The van der Waals surface area contributed by atoms with Crippen LogP contribution in [-0.4, -0.2) is 36.2 Å². The van der Waals surface area contributed by atoms with E-state index in [1.165, 1.54) is 11.3 Å². The lowest BCUT2D eigenvalue weighted by Gasteiger charge is -2.27. The van der Waals surface area contributed by atoms with E-state index in [0.29, 0.717) is 19.5 Å². The zero-order valence-electron chi connectivity index (χ0n) is 15.3. The van der Waals surface area contributed by atoms with Gasteiger partial charge in [-0.3, -0.25) is 4.79 Å². The fraction of sp³-hybridized carbons (Fsp3) is 0.381. The number of anilines is 1. The maximum atomic E-state index is 12.4. The molecular formula is C21H28N2O2. The van der Waals surface area contributed by atoms with Gasteiger partial charge in [-0.15, -0.1) is 0 Å². The maximum absolute atomic E-state index is 12.4. The van der Waals surface area contributed by atoms with Crippen LogP contribution in [0.5, 0.6) is 0 Å². The summed E-state index contributed by atoms with van der Waals surface area (Å²) < 4.78 is 0. The van der Waals surface area contributed by atoms with E-state index >= 15 is 0 Å². The zero-order chi connectivity index (χ0) is 18.3. The Kier molecular flexibility index (Phi) is 6.59. The highest BCUT2D eigenvalue weighted by atomic mass is 16.3. The van der Waals surface area contributed by atoms with Gasteiger partial charge in [0, 0.05) is 31.7 Å². The summed E-state index contributed by atoms with van der Waals surface area (Å²) in [5.74, 6) is -0.336. The molecular weight excluding hydrogens is 312 g/mol. The van der Waals surface area contributed by atoms with Crippen LogP contribution in [0.4, 0.5) is 5.69 Å². The Hall–Kier alpha value is -2.33. The molecule has 0 spiro atoms. The van der Waals surface area contributed by atoms with Gasteiger partial charge in [0.25, 0.3) is 5.91 Å². The quantitative estimate of drug-likeness (QED) is 0.777. The third-order valence-electron chi connectivity index (χ3n) is 4.39. The van der Waals surface area contributed by atoms with Gasteiger partial charge in [-0.25, -0.2) is 0 Å². The smallest absolute Gasteiger partial charge is 0.252 e. The number of likely N-dealkylation sites (N-methyl/N-ethyl adjacent to an activating group) is 1. The molecule has 0 radical (unpaired) electrons. The molecule has 25 heavy (non-hydrogen) atoms. The summed E-state index contributed by atoms with van der Waals surface area (Å²) in [4.78, 5) is 14.6. The van der Waals surface area contributed by atoms with Crippen molar-refractivity contribution in [2.45, 2.75) is 32.8 Å². The second-order valence-corrected chi connectivity index (χ2v) is 6.56. The molecule has 0 aliphatic rings. The predicted octanol–water partition coefficient (Wildman–Crippen LogP) is 2.93. The van der Waals surface area contributed by atoms with Crippen LogP contribution in [0.25, 0.3) is 0 Å². The molecule has 2 rings (SSSR count). The van der Waals surface area contributed by atoms with Crippen LogP contribution < -0.4 is 10.2 Å². The van der Waals surface area contributed by atoms with Crippen LogP contribution in [-0.2, 0) is 11.2 Å². The van der Waals surface area contributed by atoms with Gasteiger partial charge in [0.2, 0.25) is 0 Å². The summed E-state index contributed by atoms with van der Waals surface area (Å²) in [6.45, 7) is 7.80. The van der Waals surface area contributed by atoms with Gasteiger partial charge in [0.05, 0.1) is 0 Å². The Morgan fingerprint density at radius 2 is 1.76 bits per heavy atom. The average Bonchev–Trinajstić information content (AvgIpc) is 2.60. The molecule has 4 nitrogen and oxygen atoms in total. The minimum absolute atomic E-state index is 0.301. The van der Waals surface area contributed by atoms with Crippen molar-refractivity contribution in [3.63, 3.8) is 0 Å². The van der Waals surface area contributed by atoms with E-state index in [-0.39, 0.29) is 5.91 Å². The Bertz CT molecular complexity index is 683. The molecule has 0 fully saturated rings. The highest BCUT2D eigenvalue weighted by Gasteiger charge is 2.30. The SMILES string of the molecule is CCN(CCNC(=O)[C@](C)(O)Cc1ccccc1)c1ccccc1C. The van der Waals surface area contributed by atoms with E-state index in [2.05, 4.69) is 36.2 Å². The molecule has 0 heterocycles. The standard InChI is InChI=1S/C21H28N2O2/c1-4-23(19-13-9-8-10-17(19)2)15-14-22-20(24)21(3,25)16-18-11-6-5-7-12-18/h5-13,25H,4,14-16H2,1-3H3,(H,22,24)/t21-/m1/s1. The Labute approximate surface area is 150 Å². The highest BCUT2D eigenvalue weighted by Crippen LogP contribution is 2.18. The van der Waals surface area contributed by atoms with Crippen molar-refractivity contribution in [3.8, 4) is 0 Å². The van der Waals surface area contributed by atoms with Crippen molar-refractivity contribution in [1.82, 2.24) is 5.32 Å². The largest absolute Gasteiger partial charge is 0.380 e. The van der Waals surface area contributed by atoms with Gasteiger partial charge in [0.1, 0.15) is 5.60 Å². The molecule has 2 aromatic rings. The van der Waals surface area contributed by atoms with E-state index in [1.54, 1.807) is 6.92 Å². The molecule has 0 saturated carbocycles. The van der Waals surface area contributed by atoms with Gasteiger partial charge in [-0.05, 0) is 38.0 Å². The van der Waals surface area contributed by atoms with Crippen molar-refractivity contribution < 1.29 is 9.90 Å². The number of rotatable bonds is 8. The lowest BCUT2D eigenvalue weighted by molar-refractivity contribution is -0.137. The van der Waals surface area contributed by atoms with Gasteiger partial charge in [-0.2, -0.15) is 0 Å². The fourth-order valence-electron chi connectivity index (χ4n) is 2.94. The van der Waals surface area contributed by atoms with Crippen molar-refractivity contribution in [2.24, 2.45) is 0 Å².